The molecule has 0 atom stereocenters. The van der Waals surface area contributed by atoms with E-state index < -0.39 is 0 Å². The number of nitrogens with zero attached hydrogens (tertiary/aromatic N) is 1. The van der Waals surface area contributed by atoms with Crippen LogP contribution in [0.3, 0.4) is 0 Å². The van der Waals surface area contributed by atoms with Gasteiger partial charge in [-0.15, -0.1) is 23.1 Å². The monoisotopic (exact) mass is 438 g/mol. The molecule has 2 heterocycles. The van der Waals surface area contributed by atoms with Gasteiger partial charge in [-0.25, -0.2) is 4.98 Å². The van der Waals surface area contributed by atoms with Gasteiger partial charge in [0.1, 0.15) is 10.7 Å². The Bertz CT molecular complexity index is 951. The van der Waals surface area contributed by atoms with E-state index in [2.05, 4.69) is 25.9 Å². The summed E-state index contributed by atoms with van der Waals surface area (Å²) in [5.74, 6) is 1.00. The number of carbonyl (C=O) groups is 1. The first-order chi connectivity index (χ1) is 12.1. The van der Waals surface area contributed by atoms with Crippen LogP contribution in [0.5, 0.6) is 0 Å². The highest BCUT2D eigenvalue weighted by Gasteiger charge is 2.13. The molecule has 1 aromatic carbocycles. The third kappa shape index (κ3) is 4.31. The highest BCUT2D eigenvalue weighted by Crippen LogP contribution is 2.31. The van der Waals surface area contributed by atoms with Crippen molar-refractivity contribution in [3.05, 3.63) is 50.3 Å². The lowest BCUT2D eigenvalue weighted by molar-refractivity contribution is -0.139. The molecule has 3 aromatic rings. The average Bonchev–Trinajstić information content (AvgIpc) is 3.00. The number of esters is 1. The Kier molecular flexibility index (Phi) is 5.93. The number of fused-ring (bicyclic) bond motifs is 1. The van der Waals surface area contributed by atoms with Crippen molar-refractivity contribution in [2.24, 2.45) is 0 Å². The van der Waals surface area contributed by atoms with Crippen LogP contribution in [0.25, 0.3) is 21.3 Å². The molecular formula is C17H15BrN2O3S2. The van der Waals surface area contributed by atoms with Gasteiger partial charge in [-0.2, -0.15) is 0 Å². The van der Waals surface area contributed by atoms with Gasteiger partial charge in [-0.05, 0) is 24.6 Å². The zero-order valence-electron chi connectivity index (χ0n) is 13.4. The predicted molar refractivity (Wildman–Crippen MR) is 106 cm³/mol. The minimum absolute atomic E-state index is 0.157. The average molecular weight is 439 g/mol. The molecular weight excluding hydrogens is 424 g/mol. The molecule has 1 N–H and O–H groups in total. The van der Waals surface area contributed by atoms with Crippen LogP contribution in [0.2, 0.25) is 0 Å². The van der Waals surface area contributed by atoms with E-state index in [0.717, 1.165) is 15.6 Å². The summed E-state index contributed by atoms with van der Waals surface area (Å²) in [5.41, 5.74) is 1.70. The largest absolute Gasteiger partial charge is 0.465 e. The number of thioether (sulfide) groups is 1. The third-order valence-electron chi connectivity index (χ3n) is 3.41. The lowest BCUT2D eigenvalue weighted by Gasteiger charge is -2.03. The molecule has 0 fully saturated rings. The number of hydrogen-bond donors (Lipinski definition) is 1. The number of halogens is 1. The van der Waals surface area contributed by atoms with E-state index in [1.54, 1.807) is 6.92 Å². The van der Waals surface area contributed by atoms with Crippen LogP contribution in [-0.4, -0.2) is 28.3 Å². The first kappa shape index (κ1) is 18.2. The van der Waals surface area contributed by atoms with Gasteiger partial charge in [0.15, 0.2) is 0 Å². The predicted octanol–water partition coefficient (Wildman–Crippen LogP) is 4.21. The molecule has 2 aromatic heterocycles. The van der Waals surface area contributed by atoms with Crippen LogP contribution in [-0.2, 0) is 15.3 Å². The summed E-state index contributed by atoms with van der Waals surface area (Å²) in [4.78, 5) is 31.9. The lowest BCUT2D eigenvalue weighted by Crippen LogP contribution is -2.12. The number of benzene rings is 1. The molecule has 130 valence electrons. The molecule has 3 rings (SSSR count). The topological polar surface area (TPSA) is 72.0 Å². The van der Waals surface area contributed by atoms with E-state index in [4.69, 9.17) is 4.74 Å². The minimum Gasteiger partial charge on any atom is -0.465 e. The second-order valence-electron chi connectivity index (χ2n) is 5.15. The van der Waals surface area contributed by atoms with Crippen LogP contribution in [0.15, 0.2) is 38.9 Å². The number of ether oxygens (including phenoxy) is 1. The Balaban J connectivity index is 1.83. The van der Waals surface area contributed by atoms with E-state index in [-0.39, 0.29) is 17.3 Å². The molecule has 8 heteroatoms. The number of nitrogens with one attached hydrogen (secondary N) is 1. The SMILES string of the molecule is CCOC(=O)CSCc1nc2scc(-c3ccc(Br)cc3)c2c(=O)[nH]1. The first-order valence-electron chi connectivity index (χ1n) is 7.58. The molecule has 0 aliphatic carbocycles. The van der Waals surface area contributed by atoms with Gasteiger partial charge in [-0.3, -0.25) is 9.59 Å². The fourth-order valence-corrected chi connectivity index (χ4v) is 4.25. The van der Waals surface area contributed by atoms with Gasteiger partial charge < -0.3 is 9.72 Å². The normalized spacial score (nSPS) is 11.0. The number of H-pyrrole nitrogens is 1. The molecule has 0 saturated heterocycles. The number of thiophene rings is 1. The summed E-state index contributed by atoms with van der Waals surface area (Å²) in [5, 5.41) is 2.55. The summed E-state index contributed by atoms with van der Waals surface area (Å²) in [6, 6.07) is 7.82. The molecule has 0 saturated carbocycles. The second-order valence-corrected chi connectivity index (χ2v) is 7.91. The van der Waals surface area contributed by atoms with Crippen molar-refractivity contribution in [2.75, 3.05) is 12.4 Å². The lowest BCUT2D eigenvalue weighted by atomic mass is 10.1. The van der Waals surface area contributed by atoms with E-state index >= 15 is 0 Å². The van der Waals surface area contributed by atoms with Gasteiger partial charge in [0.25, 0.3) is 5.56 Å². The van der Waals surface area contributed by atoms with Gasteiger partial charge in [0, 0.05) is 15.4 Å². The maximum absolute atomic E-state index is 12.5. The number of carbonyl (C=O) groups excluding carboxylic acids is 1. The van der Waals surface area contributed by atoms with Crippen molar-refractivity contribution in [3.8, 4) is 11.1 Å². The molecule has 5 nitrogen and oxygen atoms in total. The highest BCUT2D eigenvalue weighted by molar-refractivity contribution is 9.10. The Morgan fingerprint density at radius 3 is 2.84 bits per heavy atom. The number of aromatic nitrogens is 2. The van der Waals surface area contributed by atoms with E-state index in [1.165, 1.54) is 23.1 Å². The summed E-state index contributed by atoms with van der Waals surface area (Å²) in [6.45, 7) is 2.14. The van der Waals surface area contributed by atoms with Crippen LogP contribution < -0.4 is 5.56 Å². The quantitative estimate of drug-likeness (QED) is 0.583. The smallest absolute Gasteiger partial charge is 0.315 e. The Labute approximate surface area is 161 Å². The fraction of sp³-hybridized carbons (Fsp3) is 0.235. The third-order valence-corrected chi connectivity index (χ3v) is 5.73. The standard InChI is InChI=1S/C17H15BrN2O3S2/c1-2-23-14(21)9-24-8-13-19-16(22)15-12(7-25-17(15)20-13)10-3-5-11(18)6-4-10/h3-7H,2,8-9H2,1H3,(H,19,20,22). The van der Waals surface area contributed by atoms with Crippen molar-refractivity contribution >= 4 is 55.2 Å². The zero-order valence-corrected chi connectivity index (χ0v) is 16.6. The summed E-state index contributed by atoms with van der Waals surface area (Å²) < 4.78 is 5.87. The summed E-state index contributed by atoms with van der Waals surface area (Å²) in [6.07, 6.45) is 0. The highest BCUT2D eigenvalue weighted by atomic mass is 79.9. The van der Waals surface area contributed by atoms with Crippen LogP contribution in [0.1, 0.15) is 12.7 Å². The summed E-state index contributed by atoms with van der Waals surface area (Å²) in [7, 11) is 0. The molecule has 0 radical (unpaired) electrons. The van der Waals surface area contributed by atoms with Crippen LogP contribution >= 0.6 is 39.0 Å². The van der Waals surface area contributed by atoms with Crippen LogP contribution in [0, 0.1) is 0 Å². The van der Waals surface area contributed by atoms with Gasteiger partial charge in [-0.1, -0.05) is 28.1 Å². The van der Waals surface area contributed by atoms with E-state index in [9.17, 15) is 9.59 Å². The molecule has 0 unspecified atom stereocenters. The minimum atomic E-state index is -0.260. The van der Waals surface area contributed by atoms with E-state index in [0.29, 0.717) is 28.4 Å². The van der Waals surface area contributed by atoms with Crippen molar-refractivity contribution in [1.82, 2.24) is 9.97 Å². The zero-order chi connectivity index (χ0) is 17.8. The molecule has 0 aliphatic heterocycles. The summed E-state index contributed by atoms with van der Waals surface area (Å²) >= 11 is 6.23. The van der Waals surface area contributed by atoms with Crippen molar-refractivity contribution in [3.63, 3.8) is 0 Å². The molecule has 25 heavy (non-hydrogen) atoms. The molecule has 0 spiro atoms. The Morgan fingerprint density at radius 2 is 2.12 bits per heavy atom. The van der Waals surface area contributed by atoms with Gasteiger partial charge >= 0.3 is 5.97 Å². The van der Waals surface area contributed by atoms with Crippen molar-refractivity contribution < 1.29 is 9.53 Å². The Hall–Kier alpha value is -1.64. The van der Waals surface area contributed by atoms with Gasteiger partial charge in [0.05, 0.1) is 23.5 Å². The fourth-order valence-electron chi connectivity index (χ4n) is 2.34. The Morgan fingerprint density at radius 1 is 1.36 bits per heavy atom. The number of hydrogen-bond acceptors (Lipinski definition) is 6. The maximum Gasteiger partial charge on any atom is 0.315 e. The second kappa shape index (κ2) is 8.16. The number of rotatable bonds is 6. The maximum atomic E-state index is 12.5. The molecule has 0 bridgehead atoms. The molecule has 0 aliphatic rings. The van der Waals surface area contributed by atoms with Gasteiger partial charge in [0.2, 0.25) is 0 Å². The first-order valence-corrected chi connectivity index (χ1v) is 10.4. The molecule has 0 amide bonds. The van der Waals surface area contributed by atoms with Crippen molar-refractivity contribution in [1.29, 1.82) is 0 Å². The van der Waals surface area contributed by atoms with E-state index in [1.807, 2.05) is 29.6 Å². The number of aromatic amines is 1. The van der Waals surface area contributed by atoms with Crippen LogP contribution in [0.4, 0.5) is 0 Å². The van der Waals surface area contributed by atoms with Crippen molar-refractivity contribution in [2.45, 2.75) is 12.7 Å².